The van der Waals surface area contributed by atoms with E-state index in [1.807, 2.05) is 31.3 Å². The number of aliphatic imine (C=N–C) groups is 1. The predicted molar refractivity (Wildman–Crippen MR) is 132 cm³/mol. The Morgan fingerprint density at radius 1 is 1.30 bits per heavy atom. The second kappa shape index (κ2) is 13.7. The number of benzene rings is 1. The highest BCUT2D eigenvalue weighted by Crippen LogP contribution is 2.21. The predicted octanol–water partition coefficient (Wildman–Crippen LogP) is 4.27. The summed E-state index contributed by atoms with van der Waals surface area (Å²) in [7, 11) is 3.54. The molecule has 0 saturated carbocycles. The number of nitrogens with zero attached hydrogens (tertiary/aromatic N) is 2. The van der Waals surface area contributed by atoms with Gasteiger partial charge in [0.05, 0.1) is 24.9 Å². The first-order valence-electron chi connectivity index (χ1n) is 10.7. The molecule has 0 spiro atoms. The van der Waals surface area contributed by atoms with Crippen LogP contribution in [0.1, 0.15) is 43.8 Å². The van der Waals surface area contributed by atoms with Crippen molar-refractivity contribution in [2.45, 2.75) is 50.4 Å². The van der Waals surface area contributed by atoms with Gasteiger partial charge in [-0.25, -0.2) is 0 Å². The number of guanidine groups is 1. The topological polar surface area (TPSA) is 55.3 Å². The summed E-state index contributed by atoms with van der Waals surface area (Å²) in [4.78, 5) is 6.76. The van der Waals surface area contributed by atoms with Gasteiger partial charge in [0.2, 0.25) is 0 Å². The van der Waals surface area contributed by atoms with E-state index in [2.05, 4.69) is 15.2 Å². The fourth-order valence-electron chi connectivity index (χ4n) is 3.98. The molecule has 0 amide bonds. The highest BCUT2D eigenvalue weighted by molar-refractivity contribution is 14.0. The van der Waals surface area contributed by atoms with Gasteiger partial charge in [0.15, 0.2) is 5.96 Å². The molecule has 1 aromatic rings. The molecule has 0 aromatic heterocycles. The van der Waals surface area contributed by atoms with Crippen LogP contribution in [0.25, 0.3) is 0 Å². The number of piperidine rings is 1. The smallest absolute Gasteiger partial charge is 0.193 e. The van der Waals surface area contributed by atoms with Crippen molar-refractivity contribution in [3.05, 3.63) is 34.9 Å². The van der Waals surface area contributed by atoms with Crippen molar-refractivity contribution < 1.29 is 14.2 Å². The zero-order valence-corrected chi connectivity index (χ0v) is 21.1. The molecular weight excluding hydrogens is 517 g/mol. The van der Waals surface area contributed by atoms with Gasteiger partial charge in [-0.15, -0.1) is 24.0 Å². The van der Waals surface area contributed by atoms with Gasteiger partial charge in [-0.3, -0.25) is 4.99 Å². The molecule has 170 valence electrons. The number of halogens is 2. The lowest BCUT2D eigenvalue weighted by Crippen LogP contribution is -2.48. The molecule has 30 heavy (non-hydrogen) atoms. The minimum absolute atomic E-state index is 0. The summed E-state index contributed by atoms with van der Waals surface area (Å²) >= 11 is 6.12. The van der Waals surface area contributed by atoms with E-state index in [9.17, 15) is 0 Å². The van der Waals surface area contributed by atoms with E-state index < -0.39 is 0 Å². The maximum atomic E-state index is 6.12. The number of methoxy groups -OCH3 is 1. The molecule has 2 aliphatic rings. The number of nitrogens with one attached hydrogen (secondary N) is 1. The summed E-state index contributed by atoms with van der Waals surface area (Å²) in [5.74, 6) is 0.906. The lowest BCUT2D eigenvalue weighted by Gasteiger charge is -2.35. The summed E-state index contributed by atoms with van der Waals surface area (Å²) < 4.78 is 17.5. The van der Waals surface area contributed by atoms with Crippen LogP contribution in [-0.4, -0.2) is 70.1 Å². The van der Waals surface area contributed by atoms with Crippen LogP contribution >= 0.6 is 35.6 Å². The Morgan fingerprint density at radius 2 is 2.10 bits per heavy atom. The van der Waals surface area contributed by atoms with Crippen molar-refractivity contribution in [2.24, 2.45) is 4.99 Å². The molecule has 2 fully saturated rings. The van der Waals surface area contributed by atoms with Crippen LogP contribution in [-0.2, 0) is 14.2 Å². The Bertz CT molecular complexity index is 650. The van der Waals surface area contributed by atoms with Crippen LogP contribution in [0.5, 0.6) is 0 Å². The summed E-state index contributed by atoms with van der Waals surface area (Å²) in [6, 6.07) is 7.79. The molecule has 6 nitrogen and oxygen atoms in total. The first-order chi connectivity index (χ1) is 14.2. The Morgan fingerprint density at radius 3 is 2.73 bits per heavy atom. The average Bonchev–Trinajstić information content (AvgIpc) is 2.77. The van der Waals surface area contributed by atoms with Gasteiger partial charge >= 0.3 is 0 Å². The van der Waals surface area contributed by atoms with Gasteiger partial charge in [0, 0.05) is 45.4 Å². The normalized spacial score (nSPS) is 21.8. The highest BCUT2D eigenvalue weighted by Gasteiger charge is 2.24. The molecular formula is C22H35ClIN3O3. The SMILES string of the molecule is CN=C(NCC(OC)c1cccc(Cl)c1)N1CCC(OCC2CCCCO2)CC1.I. The van der Waals surface area contributed by atoms with Gasteiger partial charge in [-0.05, 0) is 49.8 Å². The van der Waals surface area contributed by atoms with E-state index in [4.69, 9.17) is 25.8 Å². The summed E-state index contributed by atoms with van der Waals surface area (Å²) in [5, 5.41) is 4.17. The molecule has 8 heteroatoms. The molecule has 1 aromatic carbocycles. The molecule has 0 radical (unpaired) electrons. The molecule has 3 rings (SSSR count). The number of hydrogen-bond acceptors (Lipinski definition) is 4. The van der Waals surface area contributed by atoms with Gasteiger partial charge in [-0.1, -0.05) is 23.7 Å². The Hall–Kier alpha value is -0.610. The van der Waals surface area contributed by atoms with Gasteiger partial charge in [0.1, 0.15) is 0 Å². The molecule has 0 aliphatic carbocycles. The van der Waals surface area contributed by atoms with Crippen molar-refractivity contribution >= 4 is 41.5 Å². The maximum absolute atomic E-state index is 6.12. The van der Waals surface area contributed by atoms with E-state index in [-0.39, 0.29) is 36.2 Å². The third-order valence-corrected chi connectivity index (χ3v) is 5.93. The maximum Gasteiger partial charge on any atom is 0.193 e. The van der Waals surface area contributed by atoms with Gasteiger partial charge in [-0.2, -0.15) is 0 Å². The fourth-order valence-corrected chi connectivity index (χ4v) is 4.18. The minimum Gasteiger partial charge on any atom is -0.376 e. The number of hydrogen-bond donors (Lipinski definition) is 1. The van der Waals surface area contributed by atoms with E-state index in [1.54, 1.807) is 7.11 Å². The monoisotopic (exact) mass is 551 g/mol. The molecule has 2 atom stereocenters. The Labute approximate surface area is 202 Å². The third kappa shape index (κ3) is 7.82. The molecule has 0 bridgehead atoms. The molecule has 2 unspecified atom stereocenters. The number of likely N-dealkylation sites (tertiary alicyclic amines) is 1. The average molecular weight is 552 g/mol. The standard InChI is InChI=1S/C22H34ClN3O3.HI/c1-24-22(25-15-21(27-2)17-6-5-7-18(23)14-17)26-11-9-19(10-12-26)29-16-20-8-3-4-13-28-20;/h5-7,14,19-21H,3-4,8-13,15-16H2,1-2H3,(H,24,25);1H. The molecule has 2 heterocycles. The van der Waals surface area contributed by atoms with Crippen LogP contribution in [0.15, 0.2) is 29.3 Å². The molecule has 1 N–H and O–H groups in total. The van der Waals surface area contributed by atoms with Crippen molar-refractivity contribution in [1.29, 1.82) is 0 Å². The van der Waals surface area contributed by atoms with E-state index in [0.717, 1.165) is 62.1 Å². The lowest BCUT2D eigenvalue weighted by atomic mass is 10.1. The first-order valence-corrected chi connectivity index (χ1v) is 11.0. The number of rotatable bonds is 7. The van der Waals surface area contributed by atoms with Crippen molar-refractivity contribution in [3.63, 3.8) is 0 Å². The van der Waals surface area contributed by atoms with Crippen molar-refractivity contribution in [2.75, 3.05) is 47.0 Å². The van der Waals surface area contributed by atoms with Gasteiger partial charge < -0.3 is 24.4 Å². The fraction of sp³-hybridized carbons (Fsp3) is 0.682. The highest BCUT2D eigenvalue weighted by atomic mass is 127. The third-order valence-electron chi connectivity index (χ3n) is 5.70. The van der Waals surface area contributed by atoms with Crippen LogP contribution in [0.3, 0.4) is 0 Å². The largest absolute Gasteiger partial charge is 0.376 e. The van der Waals surface area contributed by atoms with E-state index in [1.165, 1.54) is 12.8 Å². The first kappa shape index (κ1) is 25.6. The summed E-state index contributed by atoms with van der Waals surface area (Å²) in [6.45, 7) is 4.12. The van der Waals surface area contributed by atoms with Gasteiger partial charge in [0.25, 0.3) is 0 Å². The Kier molecular flexibility index (Phi) is 11.7. The molecule has 2 saturated heterocycles. The van der Waals surface area contributed by atoms with Crippen LogP contribution in [0, 0.1) is 0 Å². The van der Waals surface area contributed by atoms with E-state index >= 15 is 0 Å². The zero-order chi connectivity index (χ0) is 20.5. The van der Waals surface area contributed by atoms with Crippen LogP contribution in [0.4, 0.5) is 0 Å². The second-order valence-electron chi connectivity index (χ2n) is 7.72. The van der Waals surface area contributed by atoms with Crippen LogP contribution in [0.2, 0.25) is 5.02 Å². The van der Waals surface area contributed by atoms with Crippen molar-refractivity contribution in [3.8, 4) is 0 Å². The second-order valence-corrected chi connectivity index (χ2v) is 8.15. The van der Waals surface area contributed by atoms with Crippen LogP contribution < -0.4 is 5.32 Å². The minimum atomic E-state index is -0.0817. The quantitative estimate of drug-likeness (QED) is 0.312. The van der Waals surface area contributed by atoms with Crippen molar-refractivity contribution in [1.82, 2.24) is 10.2 Å². The lowest BCUT2D eigenvalue weighted by molar-refractivity contribution is -0.0721. The van der Waals surface area contributed by atoms with E-state index in [0.29, 0.717) is 12.6 Å². The molecule has 2 aliphatic heterocycles. The summed E-state index contributed by atoms with van der Waals surface area (Å²) in [6.07, 6.45) is 6.10. The Balaban J connectivity index is 0.00000320. The zero-order valence-electron chi connectivity index (χ0n) is 18.0. The summed E-state index contributed by atoms with van der Waals surface area (Å²) in [5.41, 5.74) is 1.06. The number of ether oxygens (including phenoxy) is 3.